The highest BCUT2D eigenvalue weighted by Crippen LogP contribution is 2.30. The lowest BCUT2D eigenvalue weighted by molar-refractivity contribution is -0.118. The van der Waals surface area contributed by atoms with Crippen molar-refractivity contribution < 1.29 is 18.7 Å². The van der Waals surface area contributed by atoms with E-state index in [0.29, 0.717) is 41.8 Å². The zero-order chi connectivity index (χ0) is 26.8. The van der Waals surface area contributed by atoms with Gasteiger partial charge in [-0.1, -0.05) is 48.5 Å². The first-order valence-corrected chi connectivity index (χ1v) is 13.0. The molecule has 1 aliphatic heterocycles. The smallest absolute Gasteiger partial charge is 0.272 e. The van der Waals surface area contributed by atoms with Gasteiger partial charge in [0, 0.05) is 30.4 Å². The molecule has 3 aromatic carbocycles. The molecule has 7 nitrogen and oxygen atoms in total. The van der Waals surface area contributed by atoms with E-state index >= 15 is 0 Å². The normalized spacial score (nSPS) is 14.0. The van der Waals surface area contributed by atoms with Gasteiger partial charge in [0.25, 0.3) is 11.8 Å². The first-order valence-electron chi connectivity index (χ1n) is 13.0. The van der Waals surface area contributed by atoms with Crippen LogP contribution < -0.4 is 10.1 Å². The van der Waals surface area contributed by atoms with Crippen molar-refractivity contribution >= 4 is 33.9 Å². The number of amides is 2. The minimum absolute atomic E-state index is 0.0820. The zero-order valence-corrected chi connectivity index (χ0v) is 21.2. The fraction of sp³-hybridized carbons (Fsp3) is 0.194. The molecule has 0 atom stereocenters. The lowest BCUT2D eigenvalue weighted by Gasteiger charge is -2.32. The quantitative estimate of drug-likeness (QED) is 0.312. The third kappa shape index (κ3) is 5.18. The lowest BCUT2D eigenvalue weighted by atomic mass is 9.89. The number of nitrogens with zero attached hydrogens (tertiary/aromatic N) is 3. The van der Waals surface area contributed by atoms with E-state index in [0.717, 1.165) is 23.6 Å². The van der Waals surface area contributed by atoms with Crippen LogP contribution in [0.1, 0.15) is 34.8 Å². The summed E-state index contributed by atoms with van der Waals surface area (Å²) in [5, 5.41) is 4.93. The number of benzene rings is 3. The first kappa shape index (κ1) is 24.6. The van der Waals surface area contributed by atoms with Gasteiger partial charge in [0.05, 0.1) is 6.20 Å². The molecule has 196 valence electrons. The van der Waals surface area contributed by atoms with Gasteiger partial charge in [0.15, 0.2) is 6.61 Å². The second-order valence-corrected chi connectivity index (χ2v) is 9.72. The van der Waals surface area contributed by atoms with E-state index in [4.69, 9.17) is 4.74 Å². The number of nitrogens with one attached hydrogen (secondary N) is 1. The highest BCUT2D eigenvalue weighted by Gasteiger charge is 2.26. The summed E-state index contributed by atoms with van der Waals surface area (Å²) in [5.74, 6) is 0.209. The van der Waals surface area contributed by atoms with E-state index in [9.17, 15) is 14.0 Å². The molecule has 2 aromatic heterocycles. The number of anilines is 1. The Hall–Kier alpha value is -4.72. The van der Waals surface area contributed by atoms with Crippen LogP contribution >= 0.6 is 0 Å². The Bertz CT molecular complexity index is 1650. The fourth-order valence-corrected chi connectivity index (χ4v) is 5.19. The van der Waals surface area contributed by atoms with Crippen LogP contribution in [0.2, 0.25) is 0 Å². The molecule has 39 heavy (non-hydrogen) atoms. The summed E-state index contributed by atoms with van der Waals surface area (Å²) in [7, 11) is 0. The number of hydrogen-bond acceptors (Lipinski definition) is 4. The van der Waals surface area contributed by atoms with Gasteiger partial charge in [-0.2, -0.15) is 0 Å². The summed E-state index contributed by atoms with van der Waals surface area (Å²) in [6.07, 6.45) is 4.44. The monoisotopic (exact) mass is 522 g/mol. The van der Waals surface area contributed by atoms with Gasteiger partial charge in [0.1, 0.15) is 22.9 Å². The van der Waals surface area contributed by atoms with Gasteiger partial charge in [0.2, 0.25) is 0 Å². The predicted octanol–water partition coefficient (Wildman–Crippen LogP) is 5.66. The molecule has 0 unspecified atom stereocenters. The molecule has 0 aliphatic carbocycles. The summed E-state index contributed by atoms with van der Waals surface area (Å²) in [6, 6.07) is 24.4. The van der Waals surface area contributed by atoms with Gasteiger partial charge in [-0.05, 0) is 60.0 Å². The summed E-state index contributed by atoms with van der Waals surface area (Å²) in [6.45, 7) is 1.13. The summed E-state index contributed by atoms with van der Waals surface area (Å²) < 4.78 is 21.0. The van der Waals surface area contributed by atoms with Gasteiger partial charge in [-0.15, -0.1) is 0 Å². The minimum atomic E-state index is -0.412. The summed E-state index contributed by atoms with van der Waals surface area (Å²) in [5.41, 5.74) is 2.79. The second-order valence-electron chi connectivity index (χ2n) is 9.72. The molecule has 6 rings (SSSR count). The van der Waals surface area contributed by atoms with Crippen LogP contribution in [0.3, 0.4) is 0 Å². The minimum Gasteiger partial charge on any atom is -0.483 e. The molecule has 3 heterocycles. The number of aromatic nitrogens is 2. The Kier molecular flexibility index (Phi) is 6.67. The Morgan fingerprint density at radius 2 is 1.72 bits per heavy atom. The number of carbonyl (C=O) groups is 2. The number of ether oxygens (including phenoxy) is 1. The Morgan fingerprint density at radius 1 is 0.949 bits per heavy atom. The van der Waals surface area contributed by atoms with Crippen molar-refractivity contribution in [1.29, 1.82) is 0 Å². The Balaban J connectivity index is 1.02. The largest absolute Gasteiger partial charge is 0.483 e. The average molecular weight is 523 g/mol. The molecular weight excluding hydrogens is 495 g/mol. The maximum Gasteiger partial charge on any atom is 0.272 e. The number of carbonyl (C=O) groups excluding carboxylic acids is 2. The molecular formula is C31H27FN4O3. The van der Waals surface area contributed by atoms with E-state index in [1.165, 1.54) is 28.4 Å². The zero-order valence-electron chi connectivity index (χ0n) is 21.2. The third-order valence-electron chi connectivity index (χ3n) is 7.25. The van der Waals surface area contributed by atoms with Crippen molar-refractivity contribution in [3.8, 4) is 5.75 Å². The highest BCUT2D eigenvalue weighted by molar-refractivity contribution is 5.94. The average Bonchev–Trinajstić information content (AvgIpc) is 3.39. The molecule has 0 saturated carbocycles. The number of pyridine rings is 1. The van der Waals surface area contributed by atoms with Crippen molar-refractivity contribution in [2.75, 3.05) is 25.0 Å². The second kappa shape index (κ2) is 10.6. The van der Waals surface area contributed by atoms with Crippen molar-refractivity contribution in [2.45, 2.75) is 18.8 Å². The maximum atomic E-state index is 13.7. The van der Waals surface area contributed by atoms with Crippen LogP contribution in [0.25, 0.3) is 16.4 Å². The molecule has 2 amide bonds. The lowest BCUT2D eigenvalue weighted by Crippen LogP contribution is -2.38. The van der Waals surface area contributed by atoms with E-state index in [1.54, 1.807) is 11.0 Å². The number of rotatable bonds is 6. The van der Waals surface area contributed by atoms with Crippen LogP contribution in [0, 0.1) is 5.82 Å². The van der Waals surface area contributed by atoms with Crippen LogP contribution in [0.5, 0.6) is 5.75 Å². The van der Waals surface area contributed by atoms with Gasteiger partial charge < -0.3 is 15.0 Å². The molecule has 1 saturated heterocycles. The molecule has 0 radical (unpaired) electrons. The Morgan fingerprint density at radius 3 is 2.54 bits per heavy atom. The van der Waals surface area contributed by atoms with E-state index in [-0.39, 0.29) is 18.4 Å². The number of fused-ring (bicyclic) bond motifs is 2. The Labute approximate surface area is 224 Å². The summed E-state index contributed by atoms with van der Waals surface area (Å²) >= 11 is 0. The van der Waals surface area contributed by atoms with Gasteiger partial charge in [-0.3, -0.25) is 14.0 Å². The van der Waals surface area contributed by atoms with Gasteiger partial charge >= 0.3 is 0 Å². The van der Waals surface area contributed by atoms with Crippen LogP contribution in [-0.4, -0.2) is 45.8 Å². The van der Waals surface area contributed by atoms with E-state index < -0.39 is 5.82 Å². The molecule has 0 spiro atoms. The number of likely N-dealkylation sites (tertiary alicyclic amines) is 1. The molecule has 0 bridgehead atoms. The fourth-order valence-electron chi connectivity index (χ4n) is 5.19. The van der Waals surface area contributed by atoms with Crippen LogP contribution in [0.15, 0.2) is 91.3 Å². The predicted molar refractivity (Wildman–Crippen MR) is 148 cm³/mol. The number of halogens is 1. The van der Waals surface area contributed by atoms with Crippen LogP contribution in [0.4, 0.5) is 10.1 Å². The standard InChI is InChI=1S/C31H27FN4O3/c32-24-10-13-29-33-18-27(36(29)19-24)31(38)35-16-14-22(15-17-35)21-8-11-25(12-9-21)34-30(37)20-39-28-7-3-5-23-4-1-2-6-26(23)28/h1-13,18-19,22H,14-17,20H2,(H,34,37). The van der Waals surface area contributed by atoms with E-state index in [2.05, 4.69) is 10.3 Å². The SMILES string of the molecule is O=C(COc1cccc2ccccc12)Nc1ccc(C2CCN(C(=O)c3cnc4ccc(F)cn34)CC2)cc1. The molecule has 1 N–H and O–H groups in total. The van der Waals surface area contributed by atoms with Crippen molar-refractivity contribution in [2.24, 2.45) is 0 Å². The maximum absolute atomic E-state index is 13.7. The number of piperidine rings is 1. The topological polar surface area (TPSA) is 75.9 Å². The van der Waals surface area contributed by atoms with Crippen molar-refractivity contribution in [3.05, 3.63) is 108 Å². The molecule has 8 heteroatoms. The van der Waals surface area contributed by atoms with Gasteiger partial charge in [-0.25, -0.2) is 9.37 Å². The van der Waals surface area contributed by atoms with Crippen molar-refractivity contribution in [3.63, 3.8) is 0 Å². The molecule has 1 fully saturated rings. The molecule has 1 aliphatic rings. The van der Waals surface area contributed by atoms with Crippen LogP contribution in [-0.2, 0) is 4.79 Å². The van der Waals surface area contributed by atoms with E-state index in [1.807, 2.05) is 66.7 Å². The number of hydrogen-bond donors (Lipinski definition) is 1. The highest BCUT2D eigenvalue weighted by atomic mass is 19.1. The summed E-state index contributed by atoms with van der Waals surface area (Å²) in [4.78, 5) is 31.6. The van der Waals surface area contributed by atoms with Crippen molar-refractivity contribution in [1.82, 2.24) is 14.3 Å². The first-order chi connectivity index (χ1) is 19.0. The number of imidazole rings is 1. The third-order valence-corrected chi connectivity index (χ3v) is 7.25. The molecule has 5 aromatic rings.